The Morgan fingerprint density at radius 2 is 1.95 bits per heavy atom. The Balaban J connectivity index is 2.17. The predicted molar refractivity (Wildman–Crippen MR) is 82.6 cm³/mol. The van der Waals surface area contributed by atoms with Gasteiger partial charge in [-0.25, -0.2) is 8.78 Å². The van der Waals surface area contributed by atoms with Gasteiger partial charge < -0.3 is 5.32 Å². The van der Waals surface area contributed by atoms with Crippen molar-refractivity contribution in [2.45, 2.75) is 18.7 Å². The molecule has 2 rings (SSSR count). The lowest BCUT2D eigenvalue weighted by molar-refractivity contribution is 0.577. The van der Waals surface area contributed by atoms with Gasteiger partial charge in [0.05, 0.1) is 6.04 Å². The van der Waals surface area contributed by atoms with Crippen LogP contribution in [0.4, 0.5) is 14.5 Å². The Morgan fingerprint density at radius 1 is 1.19 bits per heavy atom. The largest absolute Gasteiger partial charge is 0.378 e. The number of halogens is 2. The van der Waals surface area contributed by atoms with Crippen LogP contribution >= 0.6 is 0 Å². The third-order valence-electron chi connectivity index (χ3n) is 3.10. The van der Waals surface area contributed by atoms with Gasteiger partial charge in [-0.2, -0.15) is 0 Å². The van der Waals surface area contributed by atoms with E-state index < -0.39 is 22.4 Å². The summed E-state index contributed by atoms with van der Waals surface area (Å²) in [5.74, 6) is -0.435. The summed E-state index contributed by atoms with van der Waals surface area (Å²) in [7, 11) is -0.918. The zero-order chi connectivity index (χ0) is 15.4. The van der Waals surface area contributed by atoms with Crippen LogP contribution in [0.3, 0.4) is 0 Å². The molecule has 2 aromatic carbocycles. The SMILES string of the molecule is C[C@H](Nc1cccc(C[S@](C)=O)c1)c1cc(F)ccc1F. The van der Waals surface area contributed by atoms with Crippen molar-refractivity contribution in [2.24, 2.45) is 0 Å². The Morgan fingerprint density at radius 3 is 2.67 bits per heavy atom. The number of benzene rings is 2. The number of nitrogens with one attached hydrogen (secondary N) is 1. The Labute approximate surface area is 125 Å². The van der Waals surface area contributed by atoms with E-state index >= 15 is 0 Å². The average Bonchev–Trinajstić information content (AvgIpc) is 2.41. The third-order valence-corrected chi connectivity index (χ3v) is 3.84. The molecule has 1 N–H and O–H groups in total. The van der Waals surface area contributed by atoms with E-state index in [-0.39, 0.29) is 11.6 Å². The minimum absolute atomic E-state index is 0.277. The topological polar surface area (TPSA) is 29.1 Å². The molecular formula is C16H17F2NOS. The summed E-state index contributed by atoms with van der Waals surface area (Å²) in [5, 5.41) is 3.13. The predicted octanol–water partition coefficient (Wildman–Crippen LogP) is 4.02. The lowest BCUT2D eigenvalue weighted by Crippen LogP contribution is -2.09. The lowest BCUT2D eigenvalue weighted by Gasteiger charge is -2.17. The van der Waals surface area contributed by atoms with E-state index in [0.717, 1.165) is 23.4 Å². The molecule has 0 saturated heterocycles. The van der Waals surface area contributed by atoms with Gasteiger partial charge in [0.15, 0.2) is 0 Å². The smallest absolute Gasteiger partial charge is 0.128 e. The standard InChI is InChI=1S/C16H17F2NOS/c1-11(15-9-13(17)6-7-16(15)18)19-14-5-3-4-12(8-14)10-21(2)20/h3-9,11,19H,10H2,1-2H3/t11-,21-/m0/s1. The molecule has 0 aromatic heterocycles. The molecule has 2 nitrogen and oxygen atoms in total. The summed E-state index contributed by atoms with van der Waals surface area (Å²) >= 11 is 0. The second-order valence-electron chi connectivity index (χ2n) is 4.95. The fraction of sp³-hybridized carbons (Fsp3) is 0.250. The van der Waals surface area contributed by atoms with Crippen LogP contribution in [0.1, 0.15) is 24.1 Å². The highest BCUT2D eigenvalue weighted by molar-refractivity contribution is 7.83. The molecule has 0 unspecified atom stereocenters. The summed E-state index contributed by atoms with van der Waals surface area (Å²) in [4.78, 5) is 0. The van der Waals surface area contributed by atoms with E-state index in [1.165, 1.54) is 6.07 Å². The maximum Gasteiger partial charge on any atom is 0.128 e. The van der Waals surface area contributed by atoms with Crippen LogP contribution in [0.25, 0.3) is 0 Å². The molecule has 5 heteroatoms. The molecule has 2 aromatic rings. The highest BCUT2D eigenvalue weighted by Gasteiger charge is 2.12. The lowest BCUT2D eigenvalue weighted by atomic mass is 10.1. The van der Waals surface area contributed by atoms with E-state index in [2.05, 4.69) is 5.32 Å². The highest BCUT2D eigenvalue weighted by atomic mass is 32.2. The van der Waals surface area contributed by atoms with Crippen molar-refractivity contribution in [3.8, 4) is 0 Å². The van der Waals surface area contributed by atoms with E-state index in [9.17, 15) is 13.0 Å². The number of rotatable bonds is 5. The van der Waals surface area contributed by atoms with E-state index in [1.54, 1.807) is 13.2 Å². The van der Waals surface area contributed by atoms with Gasteiger partial charge in [-0.1, -0.05) is 12.1 Å². The molecule has 0 amide bonds. The molecule has 0 aliphatic heterocycles. The van der Waals surface area contributed by atoms with E-state index in [1.807, 2.05) is 24.3 Å². The maximum atomic E-state index is 13.7. The number of hydrogen-bond donors (Lipinski definition) is 1. The minimum atomic E-state index is -0.918. The van der Waals surface area contributed by atoms with Gasteiger partial charge in [-0.3, -0.25) is 4.21 Å². The Kier molecular flexibility index (Phi) is 5.07. The molecule has 2 atom stereocenters. The van der Waals surface area contributed by atoms with E-state index in [4.69, 9.17) is 0 Å². The van der Waals surface area contributed by atoms with E-state index in [0.29, 0.717) is 5.75 Å². The molecule has 21 heavy (non-hydrogen) atoms. The molecular weight excluding hydrogens is 292 g/mol. The second kappa shape index (κ2) is 6.80. The minimum Gasteiger partial charge on any atom is -0.378 e. The fourth-order valence-corrected chi connectivity index (χ4v) is 2.81. The first-order valence-electron chi connectivity index (χ1n) is 6.56. The number of hydrogen-bond acceptors (Lipinski definition) is 2. The summed E-state index contributed by atoms with van der Waals surface area (Å²) < 4.78 is 38.2. The summed E-state index contributed by atoms with van der Waals surface area (Å²) in [5.41, 5.74) is 2.00. The van der Waals surface area contributed by atoms with Crippen molar-refractivity contribution in [3.63, 3.8) is 0 Å². The summed E-state index contributed by atoms with van der Waals surface area (Å²) in [6.45, 7) is 1.77. The second-order valence-corrected chi connectivity index (χ2v) is 6.38. The molecule has 0 fully saturated rings. The molecule has 0 heterocycles. The van der Waals surface area contributed by atoms with Crippen molar-refractivity contribution in [3.05, 3.63) is 65.2 Å². The van der Waals surface area contributed by atoms with Gasteiger partial charge in [0.2, 0.25) is 0 Å². The van der Waals surface area contributed by atoms with Crippen LogP contribution in [0.2, 0.25) is 0 Å². The van der Waals surface area contributed by atoms with Gasteiger partial charge in [-0.05, 0) is 42.8 Å². The van der Waals surface area contributed by atoms with Crippen molar-refractivity contribution in [2.75, 3.05) is 11.6 Å². The average molecular weight is 309 g/mol. The zero-order valence-corrected chi connectivity index (χ0v) is 12.7. The van der Waals surface area contributed by atoms with Crippen molar-refractivity contribution in [1.29, 1.82) is 0 Å². The first-order valence-corrected chi connectivity index (χ1v) is 8.29. The van der Waals surface area contributed by atoms with Crippen LogP contribution in [-0.2, 0) is 16.6 Å². The monoisotopic (exact) mass is 309 g/mol. The van der Waals surface area contributed by atoms with Gasteiger partial charge in [0, 0.05) is 34.1 Å². The van der Waals surface area contributed by atoms with Gasteiger partial charge in [0.25, 0.3) is 0 Å². The van der Waals surface area contributed by atoms with Gasteiger partial charge in [0.1, 0.15) is 11.6 Å². The molecule has 0 aliphatic carbocycles. The van der Waals surface area contributed by atoms with Crippen LogP contribution in [-0.4, -0.2) is 10.5 Å². The molecule has 0 spiro atoms. The summed E-state index contributed by atoms with van der Waals surface area (Å²) in [6, 6.07) is 10.5. The molecule has 0 radical (unpaired) electrons. The normalized spacial score (nSPS) is 13.7. The van der Waals surface area contributed by atoms with Crippen LogP contribution in [0.15, 0.2) is 42.5 Å². The van der Waals surface area contributed by atoms with Gasteiger partial charge >= 0.3 is 0 Å². The van der Waals surface area contributed by atoms with Crippen molar-refractivity contribution in [1.82, 2.24) is 0 Å². The van der Waals surface area contributed by atoms with Crippen LogP contribution in [0, 0.1) is 11.6 Å². The van der Waals surface area contributed by atoms with Crippen molar-refractivity contribution >= 4 is 16.5 Å². The van der Waals surface area contributed by atoms with Crippen LogP contribution in [0.5, 0.6) is 0 Å². The van der Waals surface area contributed by atoms with Crippen LogP contribution < -0.4 is 5.32 Å². The van der Waals surface area contributed by atoms with Crippen molar-refractivity contribution < 1.29 is 13.0 Å². The third kappa shape index (κ3) is 4.36. The first kappa shape index (κ1) is 15.6. The molecule has 0 saturated carbocycles. The highest BCUT2D eigenvalue weighted by Crippen LogP contribution is 2.23. The Bertz CT molecular complexity index is 660. The quantitative estimate of drug-likeness (QED) is 0.904. The molecule has 0 bridgehead atoms. The fourth-order valence-electron chi connectivity index (χ4n) is 2.16. The number of anilines is 1. The Hall–Kier alpha value is -1.75. The molecule has 0 aliphatic rings. The summed E-state index contributed by atoms with van der Waals surface area (Å²) in [6.07, 6.45) is 1.64. The maximum absolute atomic E-state index is 13.7. The first-order chi connectivity index (χ1) is 9.95. The molecule has 112 valence electrons. The van der Waals surface area contributed by atoms with Gasteiger partial charge in [-0.15, -0.1) is 0 Å². The zero-order valence-electron chi connectivity index (χ0n) is 11.9.